The van der Waals surface area contributed by atoms with Gasteiger partial charge in [-0.25, -0.2) is 0 Å². The highest BCUT2D eigenvalue weighted by molar-refractivity contribution is 5.51. The molecule has 0 aromatic heterocycles. The Morgan fingerprint density at radius 3 is 2.62 bits per heavy atom. The van der Waals surface area contributed by atoms with Crippen molar-refractivity contribution >= 4 is 0 Å². The molecule has 4 heteroatoms. The normalized spacial score (nSPS) is 11.7. The number of aliphatic hydroxyl groups is 1. The molecule has 0 fully saturated rings. The molecule has 1 heterocycles. The zero-order valence-corrected chi connectivity index (χ0v) is 11.3. The van der Waals surface area contributed by atoms with E-state index in [0.29, 0.717) is 22.8 Å². The number of hydrogen-bond donors (Lipinski definition) is 1. The van der Waals surface area contributed by atoms with Gasteiger partial charge in [-0.05, 0) is 18.2 Å². The molecule has 2 aromatic carbocycles. The van der Waals surface area contributed by atoms with Crippen LogP contribution in [0.15, 0.2) is 42.5 Å². The van der Waals surface area contributed by atoms with Crippen LogP contribution in [0.3, 0.4) is 0 Å². The third-order valence-corrected chi connectivity index (χ3v) is 3.03. The number of ether oxygens (including phenoxy) is 3. The Hall–Kier alpha value is -2.64. The summed E-state index contributed by atoms with van der Waals surface area (Å²) in [6, 6.07) is 13.1. The van der Waals surface area contributed by atoms with Crippen LogP contribution in [-0.4, -0.2) is 18.5 Å². The maximum absolute atomic E-state index is 9.37. The molecule has 0 radical (unpaired) electrons. The van der Waals surface area contributed by atoms with Gasteiger partial charge in [0.1, 0.15) is 12.4 Å². The molecule has 0 aliphatic carbocycles. The van der Waals surface area contributed by atoms with Gasteiger partial charge >= 0.3 is 0 Å². The molecule has 21 heavy (non-hydrogen) atoms. The smallest absolute Gasteiger partial charge is 0.231 e. The molecule has 3 rings (SSSR count). The van der Waals surface area contributed by atoms with E-state index < -0.39 is 0 Å². The standard InChI is InChI=1S/C17H14O4/c18-11-14-9-16-17(21-12-20-16)10-15(14)19-8-4-7-13-5-2-1-3-6-13/h1-3,5-6,9-10,18H,8,11-12H2. The Labute approximate surface area is 122 Å². The second-order valence-electron chi connectivity index (χ2n) is 4.43. The van der Waals surface area contributed by atoms with E-state index in [1.54, 1.807) is 12.1 Å². The summed E-state index contributed by atoms with van der Waals surface area (Å²) in [7, 11) is 0. The molecule has 0 saturated carbocycles. The van der Waals surface area contributed by atoms with E-state index in [1.807, 2.05) is 30.3 Å². The number of benzene rings is 2. The lowest BCUT2D eigenvalue weighted by Gasteiger charge is -2.08. The Morgan fingerprint density at radius 1 is 1.10 bits per heavy atom. The zero-order chi connectivity index (χ0) is 14.5. The molecule has 0 unspecified atom stereocenters. The molecule has 0 amide bonds. The molecular formula is C17H14O4. The fourth-order valence-electron chi connectivity index (χ4n) is 2.00. The predicted molar refractivity (Wildman–Crippen MR) is 77.3 cm³/mol. The Kier molecular flexibility index (Phi) is 3.95. The van der Waals surface area contributed by atoms with Crippen LogP contribution in [0.5, 0.6) is 17.2 Å². The van der Waals surface area contributed by atoms with Crippen molar-refractivity contribution < 1.29 is 19.3 Å². The zero-order valence-electron chi connectivity index (χ0n) is 11.3. The largest absolute Gasteiger partial charge is 0.480 e. The first-order valence-electron chi connectivity index (χ1n) is 6.57. The summed E-state index contributed by atoms with van der Waals surface area (Å²) in [6.07, 6.45) is 0. The van der Waals surface area contributed by atoms with Gasteiger partial charge in [0.05, 0.1) is 6.61 Å². The van der Waals surface area contributed by atoms with Gasteiger partial charge in [-0.2, -0.15) is 0 Å². The number of rotatable bonds is 3. The van der Waals surface area contributed by atoms with E-state index in [9.17, 15) is 5.11 Å². The van der Waals surface area contributed by atoms with Gasteiger partial charge in [0.15, 0.2) is 11.5 Å². The van der Waals surface area contributed by atoms with Gasteiger partial charge in [-0.3, -0.25) is 0 Å². The summed E-state index contributed by atoms with van der Waals surface area (Å²) < 4.78 is 16.2. The van der Waals surface area contributed by atoms with E-state index in [0.717, 1.165) is 5.56 Å². The molecule has 0 spiro atoms. The molecule has 0 atom stereocenters. The van der Waals surface area contributed by atoms with Crippen LogP contribution in [0.2, 0.25) is 0 Å². The van der Waals surface area contributed by atoms with Crippen LogP contribution in [0, 0.1) is 11.8 Å². The van der Waals surface area contributed by atoms with Crippen molar-refractivity contribution in [3.63, 3.8) is 0 Å². The topological polar surface area (TPSA) is 47.9 Å². The summed E-state index contributed by atoms with van der Waals surface area (Å²) in [6.45, 7) is 0.303. The van der Waals surface area contributed by atoms with Crippen molar-refractivity contribution in [1.82, 2.24) is 0 Å². The van der Waals surface area contributed by atoms with E-state index >= 15 is 0 Å². The molecule has 4 nitrogen and oxygen atoms in total. The third-order valence-electron chi connectivity index (χ3n) is 3.03. The van der Waals surface area contributed by atoms with Crippen LogP contribution in [0.4, 0.5) is 0 Å². The minimum Gasteiger partial charge on any atom is -0.480 e. The first-order valence-corrected chi connectivity index (χ1v) is 6.57. The molecular weight excluding hydrogens is 268 g/mol. The molecule has 1 N–H and O–H groups in total. The average molecular weight is 282 g/mol. The van der Waals surface area contributed by atoms with E-state index in [4.69, 9.17) is 14.2 Å². The second kappa shape index (κ2) is 6.21. The van der Waals surface area contributed by atoms with E-state index in [1.165, 1.54) is 0 Å². The minimum atomic E-state index is -0.127. The number of fused-ring (bicyclic) bond motifs is 1. The molecule has 106 valence electrons. The van der Waals surface area contributed by atoms with Crippen molar-refractivity contribution in [3.8, 4) is 29.1 Å². The lowest BCUT2D eigenvalue weighted by atomic mass is 10.2. The Bertz CT molecular complexity index is 683. The maximum atomic E-state index is 9.37. The van der Waals surface area contributed by atoms with Gasteiger partial charge in [0.25, 0.3) is 0 Å². The van der Waals surface area contributed by atoms with Crippen LogP contribution < -0.4 is 14.2 Å². The quantitative estimate of drug-likeness (QED) is 0.878. The van der Waals surface area contributed by atoms with Crippen LogP contribution in [0.1, 0.15) is 11.1 Å². The van der Waals surface area contributed by atoms with Gasteiger partial charge in [0, 0.05) is 17.2 Å². The number of aliphatic hydroxyl groups excluding tert-OH is 1. The fourth-order valence-corrected chi connectivity index (χ4v) is 2.00. The highest BCUT2D eigenvalue weighted by atomic mass is 16.7. The molecule has 2 aromatic rings. The second-order valence-corrected chi connectivity index (χ2v) is 4.43. The van der Waals surface area contributed by atoms with E-state index in [2.05, 4.69) is 11.8 Å². The summed E-state index contributed by atoms with van der Waals surface area (Å²) in [5.74, 6) is 7.76. The van der Waals surface area contributed by atoms with Gasteiger partial charge in [-0.15, -0.1) is 0 Å². The van der Waals surface area contributed by atoms with Crippen molar-refractivity contribution in [2.45, 2.75) is 6.61 Å². The minimum absolute atomic E-state index is 0.127. The van der Waals surface area contributed by atoms with Gasteiger partial charge in [0.2, 0.25) is 6.79 Å². The Balaban J connectivity index is 1.69. The molecule has 1 aliphatic heterocycles. The van der Waals surface area contributed by atoms with Gasteiger partial charge < -0.3 is 19.3 Å². The summed E-state index contributed by atoms with van der Waals surface area (Å²) in [4.78, 5) is 0. The van der Waals surface area contributed by atoms with Crippen LogP contribution in [0.25, 0.3) is 0 Å². The van der Waals surface area contributed by atoms with Crippen molar-refractivity contribution in [1.29, 1.82) is 0 Å². The van der Waals surface area contributed by atoms with Crippen LogP contribution >= 0.6 is 0 Å². The first-order chi connectivity index (χ1) is 10.4. The summed E-state index contributed by atoms with van der Waals surface area (Å²) in [5.41, 5.74) is 1.59. The lowest BCUT2D eigenvalue weighted by Crippen LogP contribution is -1.98. The Morgan fingerprint density at radius 2 is 1.86 bits per heavy atom. The summed E-state index contributed by atoms with van der Waals surface area (Å²) >= 11 is 0. The highest BCUT2D eigenvalue weighted by Gasteiger charge is 2.17. The van der Waals surface area contributed by atoms with Crippen LogP contribution in [-0.2, 0) is 6.61 Å². The van der Waals surface area contributed by atoms with Gasteiger partial charge in [-0.1, -0.05) is 30.0 Å². The van der Waals surface area contributed by atoms with Crippen molar-refractivity contribution in [2.24, 2.45) is 0 Å². The average Bonchev–Trinajstić information content (AvgIpc) is 2.99. The maximum Gasteiger partial charge on any atom is 0.231 e. The molecule has 0 saturated heterocycles. The molecule has 1 aliphatic rings. The SMILES string of the molecule is OCc1cc2c(cc1OCC#Cc1ccccc1)OCO2. The van der Waals surface area contributed by atoms with Crippen molar-refractivity contribution in [2.75, 3.05) is 13.4 Å². The lowest BCUT2D eigenvalue weighted by molar-refractivity contribution is 0.173. The first kappa shape index (κ1) is 13.3. The fraction of sp³-hybridized carbons (Fsp3) is 0.176. The highest BCUT2D eigenvalue weighted by Crippen LogP contribution is 2.38. The van der Waals surface area contributed by atoms with E-state index in [-0.39, 0.29) is 20.0 Å². The molecule has 0 bridgehead atoms. The number of hydrogen-bond acceptors (Lipinski definition) is 4. The third kappa shape index (κ3) is 3.10. The summed E-state index contributed by atoms with van der Waals surface area (Å²) in [5, 5.41) is 9.37. The monoisotopic (exact) mass is 282 g/mol. The predicted octanol–water partition coefficient (Wildman–Crippen LogP) is 2.34. The van der Waals surface area contributed by atoms with Crippen molar-refractivity contribution in [3.05, 3.63) is 53.6 Å².